The zero-order chi connectivity index (χ0) is 25.9. The molecule has 0 atom stereocenters. The summed E-state index contributed by atoms with van der Waals surface area (Å²) in [4.78, 5) is 37.1. The molecule has 36 heavy (non-hydrogen) atoms. The molecule has 0 aliphatic rings. The SMILES string of the molecule is CCOc1cc(NC(=O)c2ccccc2)c(OCC)cc1NC(=O)COc1ccc(C(=O)CC)cc1. The van der Waals surface area contributed by atoms with Gasteiger partial charge in [0.15, 0.2) is 12.4 Å². The predicted octanol–water partition coefficient (Wildman–Crippen LogP) is 5.35. The Morgan fingerprint density at radius 1 is 0.694 bits per heavy atom. The van der Waals surface area contributed by atoms with Gasteiger partial charge in [0.1, 0.15) is 17.2 Å². The summed E-state index contributed by atoms with van der Waals surface area (Å²) in [5, 5.41) is 5.63. The van der Waals surface area contributed by atoms with Crippen LogP contribution in [0.25, 0.3) is 0 Å². The van der Waals surface area contributed by atoms with Crippen molar-refractivity contribution in [2.75, 3.05) is 30.5 Å². The lowest BCUT2D eigenvalue weighted by Crippen LogP contribution is -2.21. The fraction of sp³-hybridized carbons (Fsp3) is 0.250. The molecule has 2 amide bonds. The number of hydrogen-bond donors (Lipinski definition) is 2. The number of carbonyl (C=O) groups is 3. The summed E-state index contributed by atoms with van der Waals surface area (Å²) >= 11 is 0. The van der Waals surface area contributed by atoms with Gasteiger partial charge in [-0.2, -0.15) is 0 Å². The third-order valence-corrected chi connectivity index (χ3v) is 5.11. The van der Waals surface area contributed by atoms with E-state index < -0.39 is 5.91 Å². The second kappa shape index (κ2) is 12.9. The third-order valence-electron chi connectivity index (χ3n) is 5.11. The molecule has 0 fully saturated rings. The van der Waals surface area contributed by atoms with Gasteiger partial charge in [0, 0.05) is 29.7 Å². The first kappa shape index (κ1) is 26.3. The van der Waals surface area contributed by atoms with Crippen LogP contribution in [-0.2, 0) is 4.79 Å². The molecule has 3 aromatic rings. The second-order valence-corrected chi connectivity index (χ2v) is 7.67. The number of rotatable bonds is 12. The normalized spacial score (nSPS) is 10.3. The predicted molar refractivity (Wildman–Crippen MR) is 138 cm³/mol. The highest BCUT2D eigenvalue weighted by molar-refractivity contribution is 6.05. The van der Waals surface area contributed by atoms with Gasteiger partial charge in [-0.1, -0.05) is 25.1 Å². The summed E-state index contributed by atoms with van der Waals surface area (Å²) < 4.78 is 17.0. The smallest absolute Gasteiger partial charge is 0.262 e. The van der Waals surface area contributed by atoms with Crippen molar-refractivity contribution < 1.29 is 28.6 Å². The Hall–Kier alpha value is -4.33. The summed E-state index contributed by atoms with van der Waals surface area (Å²) in [5.74, 6) is 0.565. The molecule has 188 valence electrons. The lowest BCUT2D eigenvalue weighted by Gasteiger charge is -2.18. The van der Waals surface area contributed by atoms with Crippen LogP contribution in [0.2, 0.25) is 0 Å². The number of nitrogens with one attached hydrogen (secondary N) is 2. The zero-order valence-corrected chi connectivity index (χ0v) is 20.6. The Labute approximate surface area is 210 Å². The van der Waals surface area contributed by atoms with E-state index in [0.717, 1.165) is 0 Å². The van der Waals surface area contributed by atoms with Crippen LogP contribution in [0.5, 0.6) is 17.2 Å². The second-order valence-electron chi connectivity index (χ2n) is 7.67. The number of anilines is 2. The summed E-state index contributed by atoms with van der Waals surface area (Å²) in [7, 11) is 0. The molecule has 0 unspecified atom stereocenters. The van der Waals surface area contributed by atoms with Crippen LogP contribution in [-0.4, -0.2) is 37.4 Å². The van der Waals surface area contributed by atoms with Gasteiger partial charge in [0.05, 0.1) is 24.6 Å². The highest BCUT2D eigenvalue weighted by atomic mass is 16.5. The Kier molecular flexibility index (Phi) is 9.45. The maximum absolute atomic E-state index is 12.7. The number of carbonyl (C=O) groups excluding carboxylic acids is 3. The van der Waals surface area contributed by atoms with E-state index in [2.05, 4.69) is 10.6 Å². The maximum atomic E-state index is 12.7. The minimum atomic E-state index is -0.409. The average Bonchev–Trinajstić information content (AvgIpc) is 2.90. The van der Waals surface area contributed by atoms with Crippen LogP contribution >= 0.6 is 0 Å². The van der Waals surface area contributed by atoms with E-state index in [4.69, 9.17) is 14.2 Å². The summed E-state index contributed by atoms with van der Waals surface area (Å²) in [5.41, 5.74) is 1.90. The van der Waals surface area contributed by atoms with E-state index in [1.165, 1.54) is 0 Å². The number of ketones is 1. The number of ether oxygens (including phenoxy) is 3. The zero-order valence-electron chi connectivity index (χ0n) is 20.6. The third kappa shape index (κ3) is 7.09. The minimum Gasteiger partial charge on any atom is -0.492 e. The average molecular weight is 491 g/mol. The summed E-state index contributed by atoms with van der Waals surface area (Å²) in [6.45, 7) is 5.90. The van der Waals surface area contributed by atoms with Gasteiger partial charge in [-0.25, -0.2) is 0 Å². The van der Waals surface area contributed by atoms with Crippen LogP contribution in [0.15, 0.2) is 66.7 Å². The van der Waals surface area contributed by atoms with Crippen molar-refractivity contribution in [3.63, 3.8) is 0 Å². The molecule has 0 heterocycles. The molecule has 8 heteroatoms. The van der Waals surface area contributed by atoms with Crippen molar-refractivity contribution in [1.29, 1.82) is 0 Å². The number of hydrogen-bond acceptors (Lipinski definition) is 6. The summed E-state index contributed by atoms with van der Waals surface area (Å²) in [6.07, 6.45) is 0.420. The Morgan fingerprint density at radius 3 is 1.83 bits per heavy atom. The molecular weight excluding hydrogens is 460 g/mol. The van der Waals surface area contributed by atoms with Crippen LogP contribution in [0.1, 0.15) is 47.9 Å². The Balaban J connectivity index is 1.74. The molecule has 2 N–H and O–H groups in total. The molecule has 0 spiro atoms. The van der Waals surface area contributed by atoms with Crippen LogP contribution in [0.4, 0.5) is 11.4 Å². The van der Waals surface area contributed by atoms with Gasteiger partial charge in [-0.3, -0.25) is 14.4 Å². The fourth-order valence-corrected chi connectivity index (χ4v) is 3.37. The molecule has 0 aliphatic heterocycles. The highest BCUT2D eigenvalue weighted by Crippen LogP contribution is 2.37. The van der Waals surface area contributed by atoms with Crippen LogP contribution in [0.3, 0.4) is 0 Å². The number of Topliss-reactive ketones (excluding diaryl/α,β-unsaturated/α-hetero) is 1. The van der Waals surface area contributed by atoms with E-state index in [1.54, 1.807) is 67.6 Å². The monoisotopic (exact) mass is 490 g/mol. The van der Waals surface area contributed by atoms with E-state index in [9.17, 15) is 14.4 Å². The topological polar surface area (TPSA) is 103 Å². The van der Waals surface area contributed by atoms with E-state index in [-0.39, 0.29) is 18.3 Å². The first-order valence-corrected chi connectivity index (χ1v) is 11.8. The molecule has 0 aromatic heterocycles. The molecule has 3 aromatic carbocycles. The van der Waals surface area contributed by atoms with E-state index >= 15 is 0 Å². The molecule has 0 saturated heterocycles. The van der Waals surface area contributed by atoms with Gasteiger partial charge in [-0.05, 0) is 50.2 Å². The number of amides is 2. The molecule has 0 radical (unpaired) electrons. The van der Waals surface area contributed by atoms with E-state index in [1.807, 2.05) is 19.9 Å². The van der Waals surface area contributed by atoms with E-state index in [0.29, 0.717) is 59.4 Å². The van der Waals surface area contributed by atoms with Crippen molar-refractivity contribution >= 4 is 29.0 Å². The standard InChI is InChI=1S/C28H30N2O6/c1-4-24(31)19-12-14-21(15-13-19)36-18-27(32)29-22-16-26(35-6-3)23(17-25(22)34-5-2)30-28(33)20-10-8-7-9-11-20/h7-17H,4-6,18H2,1-3H3,(H,29,32)(H,30,33). The largest absolute Gasteiger partial charge is 0.492 e. The molecule has 0 aliphatic carbocycles. The van der Waals surface area contributed by atoms with Crippen molar-refractivity contribution in [3.8, 4) is 17.2 Å². The van der Waals surface area contributed by atoms with Crippen molar-refractivity contribution in [1.82, 2.24) is 0 Å². The highest BCUT2D eigenvalue weighted by Gasteiger charge is 2.17. The van der Waals surface area contributed by atoms with Gasteiger partial charge >= 0.3 is 0 Å². The van der Waals surface area contributed by atoms with Crippen LogP contribution < -0.4 is 24.8 Å². The molecular formula is C28H30N2O6. The number of benzene rings is 3. The van der Waals surface area contributed by atoms with Crippen molar-refractivity contribution in [2.45, 2.75) is 27.2 Å². The molecule has 8 nitrogen and oxygen atoms in total. The molecule has 3 rings (SSSR count). The lowest BCUT2D eigenvalue weighted by atomic mass is 10.1. The van der Waals surface area contributed by atoms with Gasteiger partial charge < -0.3 is 24.8 Å². The summed E-state index contributed by atoms with van der Waals surface area (Å²) in [6, 6.07) is 18.7. The molecule has 0 saturated carbocycles. The Bertz CT molecular complexity index is 1190. The van der Waals surface area contributed by atoms with Crippen molar-refractivity contribution in [2.24, 2.45) is 0 Å². The lowest BCUT2D eigenvalue weighted by molar-refractivity contribution is -0.118. The van der Waals surface area contributed by atoms with Crippen molar-refractivity contribution in [3.05, 3.63) is 77.9 Å². The minimum absolute atomic E-state index is 0.0382. The quantitative estimate of drug-likeness (QED) is 0.332. The van der Waals surface area contributed by atoms with Gasteiger partial charge in [-0.15, -0.1) is 0 Å². The Morgan fingerprint density at radius 2 is 1.28 bits per heavy atom. The maximum Gasteiger partial charge on any atom is 0.262 e. The fourth-order valence-electron chi connectivity index (χ4n) is 3.37. The van der Waals surface area contributed by atoms with Gasteiger partial charge in [0.2, 0.25) is 0 Å². The first-order chi connectivity index (χ1) is 17.4. The first-order valence-electron chi connectivity index (χ1n) is 11.8. The van der Waals surface area contributed by atoms with Gasteiger partial charge in [0.25, 0.3) is 11.8 Å². The molecule has 0 bridgehead atoms. The van der Waals surface area contributed by atoms with Crippen LogP contribution in [0, 0.1) is 0 Å².